The maximum Gasteiger partial charge on any atom is 0.416 e. The van der Waals surface area contributed by atoms with Crippen LogP contribution in [0.3, 0.4) is 0 Å². The van der Waals surface area contributed by atoms with Crippen LogP contribution in [0.2, 0.25) is 0 Å². The van der Waals surface area contributed by atoms with Crippen molar-refractivity contribution in [2.45, 2.75) is 25.9 Å². The van der Waals surface area contributed by atoms with Gasteiger partial charge >= 0.3 is 12.1 Å². The number of carboxylic acids is 1. The number of hydrogen-bond donors (Lipinski definition) is 2. The van der Waals surface area contributed by atoms with E-state index in [0.717, 1.165) is 16.4 Å². The minimum absolute atomic E-state index is 0.0770. The predicted molar refractivity (Wildman–Crippen MR) is 93.0 cm³/mol. The molecule has 0 saturated carbocycles. The quantitative estimate of drug-likeness (QED) is 0.806. The molecule has 0 aliphatic carbocycles. The number of carbonyl (C=O) groups is 1. The Morgan fingerprint density at radius 3 is 2.19 bits per heavy atom. The molecule has 0 spiro atoms. The Labute approximate surface area is 155 Å². The summed E-state index contributed by atoms with van der Waals surface area (Å²) in [5.74, 6) is -3.10. The van der Waals surface area contributed by atoms with Crippen molar-refractivity contribution in [3.8, 4) is 0 Å². The topological polar surface area (TPSA) is 86.7 Å². The van der Waals surface area contributed by atoms with Crippen LogP contribution in [-0.4, -0.2) is 37.9 Å². The van der Waals surface area contributed by atoms with Gasteiger partial charge in [-0.2, -0.15) is 13.2 Å². The minimum Gasteiger partial charge on any atom is -0.478 e. The molecule has 6 nitrogen and oxygen atoms in total. The molecule has 0 aromatic heterocycles. The molecule has 1 aliphatic rings. The Morgan fingerprint density at radius 1 is 1.15 bits per heavy atom. The van der Waals surface area contributed by atoms with Crippen LogP contribution in [0.4, 0.5) is 13.2 Å². The van der Waals surface area contributed by atoms with Crippen molar-refractivity contribution >= 4 is 16.0 Å². The van der Waals surface area contributed by atoms with Gasteiger partial charge in [0, 0.05) is 25.5 Å². The van der Waals surface area contributed by atoms with Gasteiger partial charge in [-0.1, -0.05) is 18.2 Å². The highest BCUT2D eigenvalue weighted by atomic mass is 32.2. The molecular weight excluding hydrogens is 385 g/mol. The van der Waals surface area contributed by atoms with Crippen molar-refractivity contribution in [2.24, 2.45) is 0 Å². The van der Waals surface area contributed by atoms with Gasteiger partial charge in [-0.15, -0.1) is 0 Å². The summed E-state index contributed by atoms with van der Waals surface area (Å²) in [6.45, 7) is 2.77. The van der Waals surface area contributed by atoms with Crippen molar-refractivity contribution in [3.05, 3.63) is 57.3 Å². The van der Waals surface area contributed by atoms with E-state index in [9.17, 15) is 31.5 Å². The van der Waals surface area contributed by atoms with Gasteiger partial charge in [0.2, 0.25) is 10.0 Å². The Kier molecular flexibility index (Phi) is 5.44. The standard InChI is InChI=1S/C17H19F3N2O4S/c1-9-13(16(23)24)14(11-7-5-6-8-12(11)17(18,19)20)15(10(2)21-9)27(25,26)22(3)4/h5-8,14,21H,1-4H3,(H,23,24). The highest BCUT2D eigenvalue weighted by Gasteiger charge is 2.44. The SMILES string of the molecule is CC1=C(C(=O)O)C(c2ccccc2C(F)(F)F)C(S(=O)(=O)N(C)C)=C(C)N1. The van der Waals surface area contributed by atoms with Crippen LogP contribution in [0.5, 0.6) is 0 Å². The summed E-state index contributed by atoms with van der Waals surface area (Å²) >= 11 is 0. The average Bonchev–Trinajstić information content (AvgIpc) is 2.52. The van der Waals surface area contributed by atoms with Gasteiger partial charge in [-0.05, 0) is 25.5 Å². The van der Waals surface area contributed by atoms with Crippen LogP contribution >= 0.6 is 0 Å². The first-order valence-corrected chi connectivity index (χ1v) is 9.24. The van der Waals surface area contributed by atoms with E-state index in [1.54, 1.807) is 0 Å². The van der Waals surface area contributed by atoms with Gasteiger partial charge in [0.1, 0.15) is 0 Å². The number of nitrogens with one attached hydrogen (secondary N) is 1. The fourth-order valence-corrected chi connectivity index (χ4v) is 4.47. The molecule has 0 radical (unpaired) electrons. The molecule has 1 unspecified atom stereocenters. The van der Waals surface area contributed by atoms with E-state index in [-0.39, 0.29) is 11.4 Å². The van der Waals surface area contributed by atoms with Crippen molar-refractivity contribution in [1.82, 2.24) is 9.62 Å². The van der Waals surface area contributed by atoms with E-state index in [1.807, 2.05) is 0 Å². The minimum atomic E-state index is -4.78. The molecule has 0 amide bonds. The lowest BCUT2D eigenvalue weighted by molar-refractivity contribution is -0.139. The summed E-state index contributed by atoms with van der Waals surface area (Å²) < 4.78 is 67.2. The number of dihydropyridines is 1. The molecule has 0 saturated heterocycles. The monoisotopic (exact) mass is 404 g/mol. The van der Waals surface area contributed by atoms with Gasteiger partial charge < -0.3 is 10.4 Å². The van der Waals surface area contributed by atoms with E-state index in [4.69, 9.17) is 0 Å². The molecule has 1 aromatic rings. The average molecular weight is 404 g/mol. The second-order valence-corrected chi connectivity index (χ2v) is 8.38. The number of sulfonamides is 1. The highest BCUT2D eigenvalue weighted by molar-refractivity contribution is 7.93. The second-order valence-electron chi connectivity index (χ2n) is 6.26. The summed E-state index contributed by atoms with van der Waals surface area (Å²) in [5.41, 5.74) is -1.80. The van der Waals surface area contributed by atoms with Crippen LogP contribution in [0.1, 0.15) is 30.9 Å². The third kappa shape index (κ3) is 3.72. The zero-order valence-electron chi connectivity index (χ0n) is 15.0. The zero-order chi connectivity index (χ0) is 20.7. The lowest BCUT2D eigenvalue weighted by Gasteiger charge is -2.32. The van der Waals surface area contributed by atoms with Crippen LogP contribution in [0, 0.1) is 0 Å². The number of halogens is 3. The molecule has 1 aromatic carbocycles. The van der Waals surface area contributed by atoms with Gasteiger partial charge in [-0.25, -0.2) is 17.5 Å². The second kappa shape index (κ2) is 7.01. The number of allylic oxidation sites excluding steroid dienone is 3. The van der Waals surface area contributed by atoms with E-state index in [2.05, 4.69) is 5.32 Å². The third-order valence-corrected chi connectivity index (χ3v) is 6.32. The summed E-state index contributed by atoms with van der Waals surface area (Å²) in [4.78, 5) is 11.4. The Hall–Kier alpha value is -2.33. The van der Waals surface area contributed by atoms with Crippen molar-refractivity contribution in [2.75, 3.05) is 14.1 Å². The summed E-state index contributed by atoms with van der Waals surface area (Å²) in [7, 11) is -1.75. The normalized spacial score (nSPS) is 18.7. The molecule has 27 heavy (non-hydrogen) atoms. The lowest BCUT2D eigenvalue weighted by Crippen LogP contribution is -2.36. The Balaban J connectivity index is 2.93. The number of alkyl halides is 3. The molecule has 0 fully saturated rings. The third-order valence-electron chi connectivity index (χ3n) is 4.27. The smallest absolute Gasteiger partial charge is 0.416 e. The molecule has 148 valence electrons. The van der Waals surface area contributed by atoms with Gasteiger partial charge in [0.05, 0.1) is 22.0 Å². The summed E-state index contributed by atoms with van der Waals surface area (Å²) in [5, 5.41) is 12.3. The van der Waals surface area contributed by atoms with Crippen molar-refractivity contribution in [3.63, 3.8) is 0 Å². The number of hydrogen-bond acceptors (Lipinski definition) is 4. The molecule has 1 heterocycles. The van der Waals surface area contributed by atoms with E-state index >= 15 is 0 Å². The number of aliphatic carboxylic acids is 1. The van der Waals surface area contributed by atoms with E-state index < -0.39 is 49.7 Å². The van der Waals surface area contributed by atoms with Crippen molar-refractivity contribution < 1.29 is 31.5 Å². The Morgan fingerprint density at radius 2 is 1.70 bits per heavy atom. The lowest BCUT2D eigenvalue weighted by atomic mass is 9.84. The van der Waals surface area contributed by atoms with Crippen LogP contribution < -0.4 is 5.32 Å². The van der Waals surface area contributed by atoms with E-state index in [0.29, 0.717) is 0 Å². The van der Waals surface area contributed by atoms with Crippen LogP contribution in [-0.2, 0) is 21.0 Å². The van der Waals surface area contributed by atoms with Crippen LogP contribution in [0.15, 0.2) is 46.1 Å². The molecule has 1 aliphatic heterocycles. The molecule has 2 N–H and O–H groups in total. The first-order chi connectivity index (χ1) is 12.3. The molecule has 1 atom stereocenters. The first-order valence-electron chi connectivity index (χ1n) is 7.80. The van der Waals surface area contributed by atoms with Gasteiger partial charge in [0.15, 0.2) is 0 Å². The largest absolute Gasteiger partial charge is 0.478 e. The zero-order valence-corrected chi connectivity index (χ0v) is 15.9. The highest BCUT2D eigenvalue weighted by Crippen LogP contribution is 2.45. The first kappa shape index (κ1) is 21.0. The number of rotatable bonds is 4. The summed E-state index contributed by atoms with van der Waals surface area (Å²) in [6, 6.07) is 4.40. The number of carboxylic acid groups (broad SMARTS) is 1. The van der Waals surface area contributed by atoms with Gasteiger partial charge in [-0.3, -0.25) is 0 Å². The maximum absolute atomic E-state index is 13.6. The van der Waals surface area contributed by atoms with Crippen molar-refractivity contribution in [1.29, 1.82) is 0 Å². The molecule has 0 bridgehead atoms. The van der Waals surface area contributed by atoms with Gasteiger partial charge in [0.25, 0.3) is 0 Å². The number of nitrogens with zero attached hydrogens (tertiary/aromatic N) is 1. The summed E-state index contributed by atoms with van der Waals surface area (Å²) in [6.07, 6.45) is -4.78. The molecule has 10 heteroatoms. The van der Waals surface area contributed by atoms with E-state index in [1.165, 1.54) is 40.1 Å². The fourth-order valence-electron chi connectivity index (χ4n) is 3.10. The maximum atomic E-state index is 13.6. The number of benzene rings is 1. The van der Waals surface area contributed by atoms with Crippen LogP contribution in [0.25, 0.3) is 0 Å². The predicted octanol–water partition coefficient (Wildman–Crippen LogP) is 2.87. The Bertz CT molecular complexity index is 947. The fraction of sp³-hybridized carbons (Fsp3) is 0.353. The molecule has 2 rings (SSSR count). The molecular formula is C17H19F3N2O4S.